The molecule has 0 aliphatic carbocycles. The Balaban J connectivity index is 1.62. The average Bonchev–Trinajstić information content (AvgIpc) is 2.66. The van der Waals surface area contributed by atoms with Gasteiger partial charge in [-0.25, -0.2) is 4.98 Å². The quantitative estimate of drug-likeness (QED) is 0.654. The van der Waals surface area contributed by atoms with E-state index in [0.717, 1.165) is 28.9 Å². The van der Waals surface area contributed by atoms with Crippen LogP contribution in [-0.4, -0.2) is 21.4 Å². The van der Waals surface area contributed by atoms with Crippen LogP contribution in [0, 0.1) is 0 Å². The second-order valence-electron chi connectivity index (χ2n) is 6.64. The lowest BCUT2D eigenvalue weighted by molar-refractivity contribution is 0.240. The fraction of sp³-hybridized carbons (Fsp3) is 0.200. The van der Waals surface area contributed by atoms with E-state index in [9.17, 15) is 4.79 Å². The molecule has 0 fully saturated rings. The summed E-state index contributed by atoms with van der Waals surface area (Å²) in [6.07, 6.45) is 0.651. The number of anilines is 1. The van der Waals surface area contributed by atoms with Gasteiger partial charge in [-0.1, -0.05) is 35.3 Å². The van der Waals surface area contributed by atoms with Gasteiger partial charge < -0.3 is 10.7 Å². The van der Waals surface area contributed by atoms with Crippen molar-refractivity contribution in [2.24, 2.45) is 0 Å². The monoisotopic (exact) mass is 400 g/mol. The highest BCUT2D eigenvalue weighted by molar-refractivity contribution is 6.42. The van der Waals surface area contributed by atoms with E-state index in [0.29, 0.717) is 41.1 Å². The minimum absolute atomic E-state index is 0.0766. The molecule has 1 aliphatic heterocycles. The van der Waals surface area contributed by atoms with Gasteiger partial charge in [0.05, 0.1) is 15.7 Å². The van der Waals surface area contributed by atoms with Crippen molar-refractivity contribution in [2.45, 2.75) is 19.5 Å². The molecule has 0 saturated carbocycles. The van der Waals surface area contributed by atoms with Crippen molar-refractivity contribution in [1.29, 1.82) is 0 Å². The maximum absolute atomic E-state index is 12.5. The number of nitrogens with one attached hydrogen (secondary N) is 1. The van der Waals surface area contributed by atoms with Crippen LogP contribution in [0.1, 0.15) is 16.8 Å². The summed E-state index contributed by atoms with van der Waals surface area (Å²) in [7, 11) is 0. The van der Waals surface area contributed by atoms with Gasteiger partial charge in [0.1, 0.15) is 5.82 Å². The minimum atomic E-state index is -0.0766. The molecule has 0 saturated heterocycles. The van der Waals surface area contributed by atoms with Gasteiger partial charge in [0, 0.05) is 36.4 Å². The largest absolute Gasteiger partial charge is 0.399 e. The summed E-state index contributed by atoms with van der Waals surface area (Å²) < 4.78 is 0. The van der Waals surface area contributed by atoms with Crippen LogP contribution in [0.5, 0.6) is 0 Å². The highest BCUT2D eigenvalue weighted by atomic mass is 35.5. The number of aromatic nitrogens is 2. The van der Waals surface area contributed by atoms with Crippen LogP contribution in [0.25, 0.3) is 11.4 Å². The van der Waals surface area contributed by atoms with E-state index in [2.05, 4.69) is 9.88 Å². The molecule has 1 aromatic heterocycles. The summed E-state index contributed by atoms with van der Waals surface area (Å²) in [4.78, 5) is 22.3. The standard InChI is InChI=1S/C20H18Cl2N4O/c21-16-3-1-2-13(18(16)22)10-26-9-8-15-17(11-26)24-19(25-20(15)27)12-4-6-14(23)7-5-12/h1-7H,8-11,23H2,(H,24,25,27). The number of halogens is 2. The van der Waals surface area contributed by atoms with E-state index in [1.54, 1.807) is 18.2 Å². The molecule has 0 atom stereocenters. The van der Waals surface area contributed by atoms with E-state index >= 15 is 0 Å². The first-order valence-corrected chi connectivity index (χ1v) is 9.40. The molecular formula is C20H18Cl2N4O. The molecule has 4 rings (SSSR count). The van der Waals surface area contributed by atoms with E-state index in [-0.39, 0.29) is 5.56 Å². The molecule has 2 aromatic carbocycles. The van der Waals surface area contributed by atoms with Crippen molar-refractivity contribution >= 4 is 28.9 Å². The summed E-state index contributed by atoms with van der Waals surface area (Å²) in [5.74, 6) is 0.557. The normalized spacial score (nSPS) is 14.1. The number of fused-ring (bicyclic) bond motifs is 1. The molecule has 0 unspecified atom stereocenters. The third-order valence-electron chi connectivity index (χ3n) is 4.76. The molecule has 1 aliphatic rings. The van der Waals surface area contributed by atoms with Gasteiger partial charge in [-0.15, -0.1) is 0 Å². The van der Waals surface area contributed by atoms with Crippen LogP contribution in [-0.2, 0) is 19.5 Å². The average molecular weight is 401 g/mol. The number of aromatic amines is 1. The van der Waals surface area contributed by atoms with Crippen molar-refractivity contribution < 1.29 is 0 Å². The summed E-state index contributed by atoms with van der Waals surface area (Å²) in [6.45, 7) is 2.01. The Kier molecular flexibility index (Phi) is 4.91. The van der Waals surface area contributed by atoms with Crippen LogP contribution >= 0.6 is 23.2 Å². The number of nitrogens with two attached hydrogens (primary N) is 1. The molecule has 3 aromatic rings. The third-order valence-corrected chi connectivity index (χ3v) is 5.62. The number of hydrogen-bond donors (Lipinski definition) is 2. The Labute approximate surface area is 166 Å². The topological polar surface area (TPSA) is 75.0 Å². The van der Waals surface area contributed by atoms with Crippen LogP contribution in [0.2, 0.25) is 10.0 Å². The number of rotatable bonds is 3. The molecule has 27 heavy (non-hydrogen) atoms. The number of H-pyrrole nitrogens is 1. The Morgan fingerprint density at radius 1 is 1.15 bits per heavy atom. The Morgan fingerprint density at radius 3 is 2.70 bits per heavy atom. The Morgan fingerprint density at radius 2 is 1.93 bits per heavy atom. The van der Waals surface area contributed by atoms with Crippen molar-refractivity contribution in [3.63, 3.8) is 0 Å². The zero-order valence-corrected chi connectivity index (χ0v) is 16.0. The first-order valence-electron chi connectivity index (χ1n) is 8.64. The molecule has 5 nitrogen and oxygen atoms in total. The van der Waals surface area contributed by atoms with Crippen molar-refractivity contribution in [2.75, 3.05) is 12.3 Å². The maximum Gasteiger partial charge on any atom is 0.254 e. The molecule has 138 valence electrons. The molecule has 7 heteroatoms. The lowest BCUT2D eigenvalue weighted by Gasteiger charge is -2.28. The number of benzene rings is 2. The van der Waals surface area contributed by atoms with Crippen molar-refractivity contribution in [3.8, 4) is 11.4 Å². The first kappa shape index (κ1) is 18.0. The number of hydrogen-bond acceptors (Lipinski definition) is 4. The maximum atomic E-state index is 12.5. The predicted octanol–water partition coefficient (Wildman–Crippen LogP) is 3.88. The molecule has 0 radical (unpaired) electrons. The number of nitrogen functional groups attached to an aromatic ring is 1. The molecule has 2 heterocycles. The molecule has 0 spiro atoms. The van der Waals surface area contributed by atoms with E-state index in [1.807, 2.05) is 24.3 Å². The molecular weight excluding hydrogens is 383 g/mol. The third kappa shape index (κ3) is 3.72. The van der Waals surface area contributed by atoms with Crippen LogP contribution in [0.15, 0.2) is 47.3 Å². The zero-order chi connectivity index (χ0) is 19.0. The lowest BCUT2D eigenvalue weighted by Crippen LogP contribution is -2.35. The smallest absolute Gasteiger partial charge is 0.254 e. The van der Waals surface area contributed by atoms with Gasteiger partial charge in [-0.2, -0.15) is 0 Å². The SMILES string of the molecule is Nc1ccc(-c2nc3c(c(=O)[nH]2)CCN(Cc2cccc(Cl)c2Cl)C3)cc1. The van der Waals surface area contributed by atoms with E-state index < -0.39 is 0 Å². The second-order valence-corrected chi connectivity index (χ2v) is 7.42. The summed E-state index contributed by atoms with van der Waals surface area (Å²) in [5.41, 5.74) is 9.69. The molecule has 0 bridgehead atoms. The fourth-order valence-electron chi connectivity index (χ4n) is 3.32. The van der Waals surface area contributed by atoms with Gasteiger partial charge in [0.25, 0.3) is 5.56 Å². The first-order chi connectivity index (χ1) is 13.0. The molecule has 3 N–H and O–H groups in total. The van der Waals surface area contributed by atoms with Gasteiger partial charge in [0.15, 0.2) is 0 Å². The Bertz CT molecular complexity index is 1050. The second kappa shape index (κ2) is 7.35. The summed E-state index contributed by atoms with van der Waals surface area (Å²) in [6, 6.07) is 12.9. The van der Waals surface area contributed by atoms with Gasteiger partial charge in [-0.3, -0.25) is 9.69 Å². The van der Waals surface area contributed by atoms with Crippen LogP contribution < -0.4 is 11.3 Å². The highest BCUT2D eigenvalue weighted by Crippen LogP contribution is 2.28. The summed E-state index contributed by atoms with van der Waals surface area (Å²) in [5, 5.41) is 1.12. The fourth-order valence-corrected chi connectivity index (χ4v) is 3.70. The van der Waals surface area contributed by atoms with Crippen molar-refractivity contribution in [1.82, 2.24) is 14.9 Å². The zero-order valence-electron chi connectivity index (χ0n) is 14.5. The Hall–Kier alpha value is -2.34. The molecule has 0 amide bonds. The summed E-state index contributed by atoms with van der Waals surface area (Å²) >= 11 is 12.4. The number of nitrogens with zero attached hydrogens (tertiary/aromatic N) is 2. The lowest BCUT2D eigenvalue weighted by atomic mass is 10.0. The minimum Gasteiger partial charge on any atom is -0.399 e. The highest BCUT2D eigenvalue weighted by Gasteiger charge is 2.22. The predicted molar refractivity (Wildman–Crippen MR) is 109 cm³/mol. The van der Waals surface area contributed by atoms with E-state index in [1.165, 1.54) is 0 Å². The van der Waals surface area contributed by atoms with Crippen LogP contribution in [0.3, 0.4) is 0 Å². The van der Waals surface area contributed by atoms with Gasteiger partial charge >= 0.3 is 0 Å². The van der Waals surface area contributed by atoms with E-state index in [4.69, 9.17) is 33.9 Å². The van der Waals surface area contributed by atoms with Crippen LogP contribution in [0.4, 0.5) is 5.69 Å². The van der Waals surface area contributed by atoms with Gasteiger partial charge in [0.2, 0.25) is 0 Å². The van der Waals surface area contributed by atoms with Crippen molar-refractivity contribution in [3.05, 3.63) is 79.7 Å². The van der Waals surface area contributed by atoms with Gasteiger partial charge in [-0.05, 0) is 42.3 Å².